The summed E-state index contributed by atoms with van der Waals surface area (Å²) in [5.74, 6) is -2.88. The molecule has 6 atom stereocenters. The summed E-state index contributed by atoms with van der Waals surface area (Å²) in [4.78, 5) is 22.8. The van der Waals surface area contributed by atoms with E-state index >= 15 is 0 Å². The third kappa shape index (κ3) is 3.09. The first kappa shape index (κ1) is 15.2. The lowest BCUT2D eigenvalue weighted by Gasteiger charge is -2.27. The Hall–Kier alpha value is -1.22. The van der Waals surface area contributed by atoms with Gasteiger partial charge in [0.2, 0.25) is 5.60 Å². The smallest absolute Gasteiger partial charge is 0.341 e. The van der Waals surface area contributed by atoms with E-state index in [-0.39, 0.29) is 31.3 Å². The molecule has 0 aliphatic carbocycles. The molecule has 20 heavy (non-hydrogen) atoms. The molecule has 0 spiro atoms. The van der Waals surface area contributed by atoms with Crippen LogP contribution in [0.3, 0.4) is 0 Å². The van der Waals surface area contributed by atoms with Crippen molar-refractivity contribution >= 4 is 11.9 Å². The summed E-state index contributed by atoms with van der Waals surface area (Å²) in [7, 11) is 0. The van der Waals surface area contributed by atoms with Crippen molar-refractivity contribution in [2.45, 2.75) is 56.4 Å². The van der Waals surface area contributed by atoms with Gasteiger partial charge < -0.3 is 29.5 Å². The number of hydrogen-bond acceptors (Lipinski definition) is 7. The van der Waals surface area contributed by atoms with Gasteiger partial charge in [0.05, 0.1) is 18.3 Å². The molecule has 0 aromatic rings. The lowest BCUT2D eigenvalue weighted by atomic mass is 9.90. The molecule has 2 fully saturated rings. The number of aliphatic hydroxyl groups excluding tert-OH is 1. The summed E-state index contributed by atoms with van der Waals surface area (Å²) >= 11 is 0. The Bertz CT molecular complexity index is 410. The predicted molar refractivity (Wildman–Crippen MR) is 62.8 cm³/mol. The van der Waals surface area contributed by atoms with E-state index in [1.807, 2.05) is 0 Å². The average Bonchev–Trinajstić information content (AvgIpc) is 3.26. The standard InChI is InChI=1S/C12H18O8/c1-5-7(19-5)3-12(17,9(13)10(14)15)11(16)18-4-8-6(2)20-8/h5-9,13,17H,3-4H2,1-2H3,(H,14,15). The molecule has 2 aliphatic rings. The van der Waals surface area contributed by atoms with E-state index in [0.29, 0.717) is 0 Å². The number of carboxylic acid groups (broad SMARTS) is 1. The molecule has 2 saturated heterocycles. The van der Waals surface area contributed by atoms with Crippen LogP contribution in [-0.2, 0) is 23.8 Å². The van der Waals surface area contributed by atoms with Gasteiger partial charge in [-0.1, -0.05) is 0 Å². The van der Waals surface area contributed by atoms with Crippen molar-refractivity contribution in [1.82, 2.24) is 0 Å². The van der Waals surface area contributed by atoms with Crippen LogP contribution in [0.25, 0.3) is 0 Å². The van der Waals surface area contributed by atoms with Crippen molar-refractivity contribution in [3.05, 3.63) is 0 Å². The van der Waals surface area contributed by atoms with E-state index in [0.717, 1.165) is 0 Å². The molecule has 0 bridgehead atoms. The zero-order chi connectivity index (χ0) is 15.1. The van der Waals surface area contributed by atoms with E-state index < -0.39 is 29.7 Å². The fraction of sp³-hybridized carbons (Fsp3) is 0.833. The predicted octanol–water partition coefficient (Wildman–Crippen LogP) is -1.33. The normalized spacial score (nSPS) is 35.8. The largest absolute Gasteiger partial charge is 0.479 e. The molecule has 2 heterocycles. The van der Waals surface area contributed by atoms with Crippen LogP contribution in [0.2, 0.25) is 0 Å². The molecule has 6 unspecified atom stereocenters. The van der Waals surface area contributed by atoms with Crippen molar-refractivity contribution in [3.8, 4) is 0 Å². The molecule has 2 aliphatic heterocycles. The van der Waals surface area contributed by atoms with Crippen LogP contribution in [0.5, 0.6) is 0 Å². The molecular formula is C12H18O8. The van der Waals surface area contributed by atoms with Crippen LogP contribution in [0, 0.1) is 0 Å². The van der Waals surface area contributed by atoms with Gasteiger partial charge in [0.25, 0.3) is 0 Å². The summed E-state index contributed by atoms with van der Waals surface area (Å²) in [5, 5.41) is 28.6. The zero-order valence-corrected chi connectivity index (χ0v) is 11.2. The molecule has 114 valence electrons. The molecule has 8 nitrogen and oxygen atoms in total. The highest BCUT2D eigenvalue weighted by Gasteiger charge is 2.54. The van der Waals surface area contributed by atoms with E-state index in [1.54, 1.807) is 13.8 Å². The minimum Gasteiger partial charge on any atom is -0.479 e. The maximum Gasteiger partial charge on any atom is 0.341 e. The molecule has 0 radical (unpaired) electrons. The minimum atomic E-state index is -2.53. The van der Waals surface area contributed by atoms with Crippen LogP contribution in [0.15, 0.2) is 0 Å². The highest BCUT2D eigenvalue weighted by Crippen LogP contribution is 2.33. The quantitative estimate of drug-likeness (QED) is 0.388. The van der Waals surface area contributed by atoms with Gasteiger partial charge in [0, 0.05) is 6.42 Å². The van der Waals surface area contributed by atoms with Gasteiger partial charge in [0.15, 0.2) is 6.10 Å². The van der Waals surface area contributed by atoms with E-state index in [4.69, 9.17) is 19.3 Å². The highest BCUT2D eigenvalue weighted by atomic mass is 16.6. The number of epoxide rings is 2. The van der Waals surface area contributed by atoms with Crippen LogP contribution >= 0.6 is 0 Å². The van der Waals surface area contributed by atoms with E-state index in [2.05, 4.69) is 0 Å². The van der Waals surface area contributed by atoms with Gasteiger partial charge in [-0.25, -0.2) is 9.59 Å². The molecular weight excluding hydrogens is 272 g/mol. The van der Waals surface area contributed by atoms with Crippen LogP contribution < -0.4 is 0 Å². The molecule has 0 aromatic carbocycles. The number of esters is 1. The zero-order valence-electron chi connectivity index (χ0n) is 11.2. The summed E-state index contributed by atoms with van der Waals surface area (Å²) in [5.41, 5.74) is -2.53. The Kier molecular flexibility index (Phi) is 4.01. The second-order valence-electron chi connectivity index (χ2n) is 5.23. The summed E-state index contributed by atoms with van der Waals surface area (Å²) in [6.07, 6.45) is -3.56. The fourth-order valence-corrected chi connectivity index (χ4v) is 1.95. The van der Waals surface area contributed by atoms with Crippen LogP contribution in [0.4, 0.5) is 0 Å². The SMILES string of the molecule is CC1OC1COC(=O)C(O)(CC1OC1C)C(O)C(=O)O. The number of hydrogen-bond donors (Lipinski definition) is 3. The molecule has 0 saturated carbocycles. The number of aliphatic carboxylic acids is 1. The van der Waals surface area contributed by atoms with Crippen molar-refractivity contribution in [3.63, 3.8) is 0 Å². The summed E-state index contributed by atoms with van der Waals surface area (Å²) in [6.45, 7) is 3.41. The van der Waals surface area contributed by atoms with E-state index in [1.165, 1.54) is 0 Å². The third-order valence-electron chi connectivity index (χ3n) is 3.60. The van der Waals surface area contributed by atoms with Gasteiger partial charge in [-0.15, -0.1) is 0 Å². The Labute approximate surface area is 115 Å². The minimum absolute atomic E-state index is 0.0351. The second-order valence-corrected chi connectivity index (χ2v) is 5.23. The highest BCUT2D eigenvalue weighted by molar-refractivity contribution is 5.88. The van der Waals surface area contributed by atoms with Gasteiger partial charge in [-0.05, 0) is 13.8 Å². The van der Waals surface area contributed by atoms with Gasteiger partial charge >= 0.3 is 11.9 Å². The second kappa shape index (κ2) is 5.28. The Morgan fingerprint density at radius 3 is 2.15 bits per heavy atom. The number of carboxylic acids is 1. The van der Waals surface area contributed by atoms with E-state index in [9.17, 15) is 19.8 Å². The number of aliphatic hydroxyl groups is 2. The lowest BCUT2D eigenvalue weighted by Crippen LogP contribution is -2.55. The third-order valence-corrected chi connectivity index (χ3v) is 3.60. The number of ether oxygens (including phenoxy) is 3. The average molecular weight is 290 g/mol. The number of rotatable bonds is 7. The van der Waals surface area contributed by atoms with Crippen molar-refractivity contribution < 1.29 is 39.1 Å². The molecule has 2 rings (SSSR count). The molecule has 0 aromatic heterocycles. The van der Waals surface area contributed by atoms with Crippen molar-refractivity contribution in [2.24, 2.45) is 0 Å². The molecule has 8 heteroatoms. The molecule has 3 N–H and O–H groups in total. The number of carbonyl (C=O) groups excluding carboxylic acids is 1. The Morgan fingerprint density at radius 1 is 1.25 bits per heavy atom. The summed E-state index contributed by atoms with van der Waals surface area (Å²) in [6, 6.07) is 0. The number of carbonyl (C=O) groups is 2. The monoisotopic (exact) mass is 290 g/mol. The first-order chi connectivity index (χ1) is 9.25. The maximum atomic E-state index is 11.9. The van der Waals surface area contributed by atoms with Gasteiger partial charge in [0.1, 0.15) is 12.7 Å². The summed E-state index contributed by atoms with van der Waals surface area (Å²) < 4.78 is 14.9. The van der Waals surface area contributed by atoms with Crippen LogP contribution in [0.1, 0.15) is 20.3 Å². The fourth-order valence-electron chi connectivity index (χ4n) is 1.95. The molecule has 0 amide bonds. The Morgan fingerprint density at radius 2 is 1.75 bits per heavy atom. The Balaban J connectivity index is 1.99. The van der Waals surface area contributed by atoms with Crippen molar-refractivity contribution in [2.75, 3.05) is 6.61 Å². The van der Waals surface area contributed by atoms with Crippen LogP contribution in [-0.4, -0.2) is 70.0 Å². The topological polar surface area (TPSA) is 129 Å². The van der Waals surface area contributed by atoms with Crippen molar-refractivity contribution in [1.29, 1.82) is 0 Å². The lowest BCUT2D eigenvalue weighted by molar-refractivity contribution is -0.189. The van der Waals surface area contributed by atoms with Gasteiger partial charge in [-0.3, -0.25) is 0 Å². The van der Waals surface area contributed by atoms with Gasteiger partial charge in [-0.2, -0.15) is 0 Å². The first-order valence-corrected chi connectivity index (χ1v) is 6.37. The maximum absolute atomic E-state index is 11.9. The first-order valence-electron chi connectivity index (χ1n) is 6.37.